The molecule has 4 aromatic rings. The van der Waals surface area contributed by atoms with E-state index in [0.717, 1.165) is 34.0 Å². The molecule has 1 aliphatic rings. The average molecular weight is 511 g/mol. The Morgan fingerprint density at radius 1 is 0.946 bits per heavy atom. The molecule has 1 N–H and O–H groups in total. The summed E-state index contributed by atoms with van der Waals surface area (Å²) in [5.41, 5.74) is 9.05. The number of aryl methyl sites for hydroxylation is 3. The maximum Gasteiger partial charge on any atom is 0.337 e. The molecule has 3 heterocycles. The van der Waals surface area contributed by atoms with Gasteiger partial charge in [-0.25, -0.2) is 4.79 Å². The Balaban J connectivity index is 1.68. The molecule has 37 heavy (non-hydrogen) atoms. The van der Waals surface area contributed by atoms with E-state index in [4.69, 9.17) is 17.0 Å². The van der Waals surface area contributed by atoms with E-state index in [9.17, 15) is 4.79 Å². The molecule has 6 nitrogen and oxygen atoms in total. The van der Waals surface area contributed by atoms with Gasteiger partial charge in [0, 0.05) is 29.0 Å². The van der Waals surface area contributed by atoms with E-state index in [1.807, 2.05) is 42.6 Å². The van der Waals surface area contributed by atoms with Crippen LogP contribution in [-0.4, -0.2) is 27.7 Å². The number of nitrogens with zero attached hydrogens (tertiary/aromatic N) is 3. The van der Waals surface area contributed by atoms with Gasteiger partial charge in [-0.1, -0.05) is 18.2 Å². The van der Waals surface area contributed by atoms with E-state index in [1.165, 1.54) is 18.2 Å². The van der Waals surface area contributed by atoms with Crippen molar-refractivity contribution >= 4 is 29.0 Å². The molecule has 0 unspecified atom stereocenters. The van der Waals surface area contributed by atoms with Gasteiger partial charge in [-0.3, -0.25) is 4.98 Å². The molecule has 1 fully saturated rings. The molecule has 2 aromatic carbocycles. The van der Waals surface area contributed by atoms with Crippen molar-refractivity contribution in [2.75, 3.05) is 12.0 Å². The Labute approximate surface area is 222 Å². The first kappa shape index (κ1) is 24.7. The van der Waals surface area contributed by atoms with Crippen molar-refractivity contribution < 1.29 is 9.53 Å². The fourth-order valence-electron chi connectivity index (χ4n) is 5.41. The summed E-state index contributed by atoms with van der Waals surface area (Å²) in [6.07, 6.45) is 1.82. The lowest BCUT2D eigenvalue weighted by Crippen LogP contribution is -2.29. The van der Waals surface area contributed by atoms with Crippen LogP contribution in [0.4, 0.5) is 5.69 Å². The first-order valence-electron chi connectivity index (χ1n) is 12.2. The van der Waals surface area contributed by atoms with Crippen molar-refractivity contribution in [1.82, 2.24) is 14.9 Å². The SMILES string of the molecule is COC(=O)c1cccc(-n2c(C)cc([C@@H]3[C@H](c4ccccn4)NC(=S)N3c3cc(C)cc(C)c3)c2C)c1. The molecular formula is C30H30N4O2S. The summed E-state index contributed by atoms with van der Waals surface area (Å²) in [6, 6.07) is 22.0. The highest BCUT2D eigenvalue weighted by atomic mass is 32.1. The van der Waals surface area contributed by atoms with Crippen LogP contribution in [0.1, 0.15) is 56.2 Å². The number of rotatable bonds is 5. The highest BCUT2D eigenvalue weighted by molar-refractivity contribution is 7.80. The molecule has 7 heteroatoms. The molecule has 0 radical (unpaired) electrons. The van der Waals surface area contributed by atoms with Gasteiger partial charge in [0.1, 0.15) is 0 Å². The van der Waals surface area contributed by atoms with Crippen LogP contribution in [0.15, 0.2) is 72.9 Å². The summed E-state index contributed by atoms with van der Waals surface area (Å²) in [5.74, 6) is -0.355. The second-order valence-electron chi connectivity index (χ2n) is 9.55. The molecular weight excluding hydrogens is 480 g/mol. The van der Waals surface area contributed by atoms with E-state index in [0.29, 0.717) is 10.7 Å². The average Bonchev–Trinajstić information content (AvgIpc) is 3.38. The zero-order chi connectivity index (χ0) is 26.3. The maximum absolute atomic E-state index is 12.2. The fourth-order valence-corrected chi connectivity index (χ4v) is 5.76. The summed E-state index contributed by atoms with van der Waals surface area (Å²) in [6.45, 7) is 8.41. The molecule has 0 bridgehead atoms. The monoisotopic (exact) mass is 510 g/mol. The lowest BCUT2D eigenvalue weighted by Gasteiger charge is -2.29. The molecule has 0 amide bonds. The largest absolute Gasteiger partial charge is 0.465 e. The molecule has 5 rings (SSSR count). The van der Waals surface area contributed by atoms with Crippen LogP contribution < -0.4 is 10.2 Å². The highest BCUT2D eigenvalue weighted by Crippen LogP contribution is 2.44. The van der Waals surface area contributed by atoms with Gasteiger partial charge in [-0.2, -0.15) is 0 Å². The van der Waals surface area contributed by atoms with Crippen molar-refractivity contribution in [3.05, 3.63) is 112 Å². The van der Waals surface area contributed by atoms with Gasteiger partial charge in [-0.05, 0) is 105 Å². The van der Waals surface area contributed by atoms with Gasteiger partial charge >= 0.3 is 5.97 Å². The minimum Gasteiger partial charge on any atom is -0.465 e. The van der Waals surface area contributed by atoms with E-state index in [1.54, 1.807) is 6.07 Å². The van der Waals surface area contributed by atoms with Crippen LogP contribution in [0, 0.1) is 27.7 Å². The zero-order valence-electron chi connectivity index (χ0n) is 21.6. The Hall–Kier alpha value is -3.97. The summed E-state index contributed by atoms with van der Waals surface area (Å²) >= 11 is 5.93. The number of hydrogen-bond donors (Lipinski definition) is 1. The highest BCUT2D eigenvalue weighted by Gasteiger charge is 2.42. The molecule has 1 saturated heterocycles. The Morgan fingerprint density at radius 2 is 1.70 bits per heavy atom. The summed E-state index contributed by atoms with van der Waals surface area (Å²) in [4.78, 5) is 19.1. The van der Waals surface area contributed by atoms with Crippen LogP contribution in [0.5, 0.6) is 0 Å². The molecule has 1 aliphatic heterocycles. The topological polar surface area (TPSA) is 59.4 Å². The first-order chi connectivity index (χ1) is 17.8. The Bertz CT molecular complexity index is 1470. The summed E-state index contributed by atoms with van der Waals surface area (Å²) in [7, 11) is 1.40. The molecule has 188 valence electrons. The van der Waals surface area contributed by atoms with Gasteiger partial charge in [0.2, 0.25) is 0 Å². The van der Waals surface area contributed by atoms with Crippen LogP contribution in [-0.2, 0) is 4.74 Å². The maximum atomic E-state index is 12.2. The van der Waals surface area contributed by atoms with Gasteiger partial charge in [0.05, 0.1) is 30.5 Å². The number of anilines is 1. The molecule has 0 spiro atoms. The van der Waals surface area contributed by atoms with Crippen molar-refractivity contribution in [3.63, 3.8) is 0 Å². The quantitative estimate of drug-likeness (QED) is 0.260. The van der Waals surface area contributed by atoms with Crippen LogP contribution in [0.2, 0.25) is 0 Å². The number of pyridine rings is 1. The van der Waals surface area contributed by atoms with Crippen molar-refractivity contribution in [1.29, 1.82) is 0 Å². The second kappa shape index (κ2) is 9.82. The summed E-state index contributed by atoms with van der Waals surface area (Å²) in [5, 5.41) is 4.23. The minimum absolute atomic E-state index is 0.118. The van der Waals surface area contributed by atoms with Crippen molar-refractivity contribution in [3.8, 4) is 5.69 Å². The van der Waals surface area contributed by atoms with Gasteiger partial charge in [0.25, 0.3) is 0 Å². The van der Waals surface area contributed by atoms with E-state index < -0.39 is 0 Å². The number of methoxy groups -OCH3 is 1. The smallest absolute Gasteiger partial charge is 0.337 e. The zero-order valence-corrected chi connectivity index (χ0v) is 22.5. The molecule has 2 aromatic heterocycles. The summed E-state index contributed by atoms with van der Waals surface area (Å²) < 4.78 is 7.13. The number of esters is 1. The fraction of sp³-hybridized carbons (Fsp3) is 0.233. The van der Waals surface area contributed by atoms with E-state index >= 15 is 0 Å². The predicted octanol–water partition coefficient (Wildman–Crippen LogP) is 6.07. The number of carbonyl (C=O) groups excluding carboxylic acids is 1. The van der Waals surface area contributed by atoms with Gasteiger partial charge in [0.15, 0.2) is 5.11 Å². The molecule has 0 saturated carbocycles. The molecule has 2 atom stereocenters. The first-order valence-corrected chi connectivity index (χ1v) is 12.7. The van der Waals surface area contributed by atoms with Gasteiger partial charge in [-0.15, -0.1) is 0 Å². The normalized spacial score (nSPS) is 17.1. The number of hydrogen-bond acceptors (Lipinski definition) is 4. The number of carbonyl (C=O) groups is 1. The molecule has 0 aliphatic carbocycles. The lowest BCUT2D eigenvalue weighted by atomic mass is 9.96. The lowest BCUT2D eigenvalue weighted by molar-refractivity contribution is 0.0600. The van der Waals surface area contributed by atoms with Crippen molar-refractivity contribution in [2.45, 2.75) is 39.8 Å². The minimum atomic E-state index is -0.355. The number of benzene rings is 2. The van der Waals surface area contributed by atoms with E-state index in [-0.39, 0.29) is 18.1 Å². The third-order valence-electron chi connectivity index (χ3n) is 6.90. The van der Waals surface area contributed by atoms with Crippen LogP contribution in [0.3, 0.4) is 0 Å². The standard InChI is InChI=1S/C30H30N4O2S/c1-18-13-19(2)15-24(14-18)34-28(27(32-30(34)37)26-11-6-7-12-31-26)25-16-20(3)33(21(25)4)23-10-8-9-22(17-23)29(35)36-5/h6-17,27-28H,1-5H3,(H,32,37)/t27-,28+/m0/s1. The number of thiocarbonyl (C=S) groups is 1. The third-order valence-corrected chi connectivity index (χ3v) is 7.21. The van der Waals surface area contributed by atoms with Crippen LogP contribution >= 0.6 is 12.2 Å². The number of nitrogens with one attached hydrogen (secondary N) is 1. The van der Waals surface area contributed by atoms with E-state index in [2.05, 4.69) is 71.7 Å². The Kier molecular flexibility index (Phi) is 6.56. The Morgan fingerprint density at radius 3 is 2.38 bits per heavy atom. The van der Waals surface area contributed by atoms with Gasteiger partial charge < -0.3 is 19.5 Å². The third kappa shape index (κ3) is 4.51. The van der Waals surface area contributed by atoms with Crippen molar-refractivity contribution in [2.24, 2.45) is 0 Å². The number of ether oxygens (including phenoxy) is 1. The predicted molar refractivity (Wildman–Crippen MR) is 150 cm³/mol. The second-order valence-corrected chi connectivity index (χ2v) is 9.93. The van der Waals surface area contributed by atoms with Crippen LogP contribution in [0.25, 0.3) is 5.69 Å². The number of aromatic nitrogens is 2.